The maximum absolute atomic E-state index is 5.83. The summed E-state index contributed by atoms with van der Waals surface area (Å²) in [7, 11) is 2.00. The van der Waals surface area contributed by atoms with Gasteiger partial charge < -0.3 is 10.1 Å². The molecule has 0 aliphatic carbocycles. The molecule has 0 saturated carbocycles. The van der Waals surface area contributed by atoms with Crippen LogP contribution in [0.1, 0.15) is 25.0 Å². The first-order valence-electron chi connectivity index (χ1n) is 6.19. The molecule has 0 radical (unpaired) electrons. The first-order chi connectivity index (χ1) is 8.29. The van der Waals surface area contributed by atoms with Crippen LogP contribution in [0.5, 0.6) is 0 Å². The van der Waals surface area contributed by atoms with Gasteiger partial charge in [0.25, 0.3) is 0 Å². The Bertz CT molecular complexity index is 336. The second-order valence-electron chi connectivity index (χ2n) is 4.47. The molecule has 1 aromatic rings. The van der Waals surface area contributed by atoms with Gasteiger partial charge in [-0.25, -0.2) is 0 Å². The molecule has 1 aliphatic rings. The molecule has 2 atom stereocenters. The molecule has 0 bridgehead atoms. The van der Waals surface area contributed by atoms with E-state index in [1.165, 1.54) is 12.8 Å². The highest BCUT2D eigenvalue weighted by Crippen LogP contribution is 2.18. The van der Waals surface area contributed by atoms with Crippen molar-refractivity contribution in [2.45, 2.75) is 37.8 Å². The number of likely N-dealkylation sites (N-methyl/N-ethyl adjacent to an activating group) is 1. The number of ether oxygens (including phenoxy) is 1. The molecule has 4 heteroatoms. The predicted octanol–water partition coefficient (Wildman–Crippen LogP) is 2.54. The molecule has 2 unspecified atom stereocenters. The summed E-state index contributed by atoms with van der Waals surface area (Å²) in [5.41, 5.74) is 1.11. The summed E-state index contributed by atoms with van der Waals surface area (Å²) in [6, 6.07) is 4.47. The van der Waals surface area contributed by atoms with Crippen LogP contribution in [0.25, 0.3) is 0 Å². The number of halogens is 1. The standard InChI is InChI=1S/C13H19BrN2O/c1-15-12(13-4-2-3-7-17-13)8-11-6-5-10(14)9-16-11/h5-6,9,12-13,15H,2-4,7-8H2,1H3. The monoisotopic (exact) mass is 298 g/mol. The van der Waals surface area contributed by atoms with Gasteiger partial charge in [0.2, 0.25) is 0 Å². The lowest BCUT2D eigenvalue weighted by Crippen LogP contribution is -2.42. The lowest BCUT2D eigenvalue weighted by Gasteiger charge is -2.30. The lowest BCUT2D eigenvalue weighted by molar-refractivity contribution is -0.00605. The maximum Gasteiger partial charge on any atom is 0.0731 e. The molecule has 1 N–H and O–H groups in total. The Balaban J connectivity index is 1.96. The van der Waals surface area contributed by atoms with E-state index < -0.39 is 0 Å². The van der Waals surface area contributed by atoms with Gasteiger partial charge in [-0.15, -0.1) is 0 Å². The molecule has 94 valence electrons. The minimum Gasteiger partial charge on any atom is -0.377 e. The number of hydrogen-bond acceptors (Lipinski definition) is 3. The fourth-order valence-electron chi connectivity index (χ4n) is 2.25. The maximum atomic E-state index is 5.83. The van der Waals surface area contributed by atoms with Crippen LogP contribution in [0.15, 0.2) is 22.8 Å². The number of pyridine rings is 1. The van der Waals surface area contributed by atoms with E-state index in [1.54, 1.807) is 0 Å². The van der Waals surface area contributed by atoms with Crippen LogP contribution in [0, 0.1) is 0 Å². The molecule has 0 amide bonds. The SMILES string of the molecule is CNC(Cc1ccc(Br)cn1)C1CCCCO1. The zero-order chi connectivity index (χ0) is 12.1. The third-order valence-electron chi connectivity index (χ3n) is 3.25. The van der Waals surface area contributed by atoms with Crippen molar-refractivity contribution in [3.8, 4) is 0 Å². The van der Waals surface area contributed by atoms with Crippen molar-refractivity contribution < 1.29 is 4.74 Å². The molecule has 17 heavy (non-hydrogen) atoms. The first-order valence-corrected chi connectivity index (χ1v) is 6.98. The Morgan fingerprint density at radius 3 is 3.00 bits per heavy atom. The summed E-state index contributed by atoms with van der Waals surface area (Å²) in [6.45, 7) is 0.899. The van der Waals surface area contributed by atoms with Crippen molar-refractivity contribution in [2.75, 3.05) is 13.7 Å². The summed E-state index contributed by atoms with van der Waals surface area (Å²) in [6.07, 6.45) is 6.74. The van der Waals surface area contributed by atoms with Gasteiger partial charge in [-0.3, -0.25) is 4.98 Å². The van der Waals surface area contributed by atoms with E-state index in [-0.39, 0.29) is 0 Å². The van der Waals surface area contributed by atoms with Crippen LogP contribution in [-0.2, 0) is 11.2 Å². The Kier molecular flexibility index (Phi) is 4.95. The van der Waals surface area contributed by atoms with Gasteiger partial charge in [0.05, 0.1) is 6.10 Å². The van der Waals surface area contributed by atoms with Crippen LogP contribution >= 0.6 is 15.9 Å². The number of rotatable bonds is 4. The van der Waals surface area contributed by atoms with E-state index in [1.807, 2.05) is 19.3 Å². The van der Waals surface area contributed by atoms with Crippen molar-refractivity contribution >= 4 is 15.9 Å². The van der Waals surface area contributed by atoms with E-state index in [9.17, 15) is 0 Å². The molecule has 1 fully saturated rings. The van der Waals surface area contributed by atoms with Crippen LogP contribution in [0.4, 0.5) is 0 Å². The summed E-state index contributed by atoms with van der Waals surface area (Å²) in [4.78, 5) is 4.42. The number of aromatic nitrogens is 1. The van der Waals surface area contributed by atoms with Crippen LogP contribution < -0.4 is 5.32 Å². The van der Waals surface area contributed by atoms with Crippen molar-refractivity contribution in [1.82, 2.24) is 10.3 Å². The van der Waals surface area contributed by atoms with Gasteiger partial charge in [-0.05, 0) is 54.4 Å². The van der Waals surface area contributed by atoms with Crippen LogP contribution in [0.3, 0.4) is 0 Å². The minimum atomic E-state index is 0.333. The Morgan fingerprint density at radius 2 is 2.41 bits per heavy atom. The van der Waals surface area contributed by atoms with Crippen LogP contribution in [-0.4, -0.2) is 30.8 Å². The van der Waals surface area contributed by atoms with E-state index >= 15 is 0 Å². The molecule has 3 nitrogen and oxygen atoms in total. The van der Waals surface area contributed by atoms with Gasteiger partial charge >= 0.3 is 0 Å². The van der Waals surface area contributed by atoms with Gasteiger partial charge in [0.15, 0.2) is 0 Å². The second-order valence-corrected chi connectivity index (χ2v) is 5.39. The summed E-state index contributed by atoms with van der Waals surface area (Å²) >= 11 is 3.40. The topological polar surface area (TPSA) is 34.2 Å². The van der Waals surface area contributed by atoms with Gasteiger partial charge in [0, 0.05) is 35.4 Å². The van der Waals surface area contributed by atoms with Crippen molar-refractivity contribution in [1.29, 1.82) is 0 Å². The van der Waals surface area contributed by atoms with E-state index in [2.05, 4.69) is 32.3 Å². The fourth-order valence-corrected chi connectivity index (χ4v) is 2.49. The number of nitrogens with zero attached hydrogens (tertiary/aromatic N) is 1. The Labute approximate surface area is 111 Å². The second kappa shape index (κ2) is 6.47. The summed E-state index contributed by atoms with van der Waals surface area (Å²) in [5.74, 6) is 0. The zero-order valence-corrected chi connectivity index (χ0v) is 11.7. The highest BCUT2D eigenvalue weighted by atomic mass is 79.9. The molecule has 1 aliphatic heterocycles. The molecular formula is C13H19BrN2O. The minimum absolute atomic E-state index is 0.333. The van der Waals surface area contributed by atoms with E-state index in [0.29, 0.717) is 12.1 Å². The predicted molar refractivity (Wildman–Crippen MR) is 72.1 cm³/mol. The molecular weight excluding hydrogens is 280 g/mol. The largest absolute Gasteiger partial charge is 0.377 e. The lowest BCUT2D eigenvalue weighted by atomic mass is 9.98. The third-order valence-corrected chi connectivity index (χ3v) is 3.72. The van der Waals surface area contributed by atoms with Crippen molar-refractivity contribution in [3.63, 3.8) is 0 Å². The number of hydrogen-bond donors (Lipinski definition) is 1. The van der Waals surface area contributed by atoms with E-state index in [0.717, 1.165) is 29.6 Å². The van der Waals surface area contributed by atoms with Gasteiger partial charge in [-0.1, -0.05) is 0 Å². The first kappa shape index (κ1) is 13.0. The molecule has 0 spiro atoms. The molecule has 1 aromatic heterocycles. The molecule has 0 aromatic carbocycles. The Hall–Kier alpha value is -0.450. The van der Waals surface area contributed by atoms with Gasteiger partial charge in [-0.2, -0.15) is 0 Å². The Morgan fingerprint density at radius 1 is 1.53 bits per heavy atom. The highest BCUT2D eigenvalue weighted by Gasteiger charge is 2.23. The number of nitrogens with one attached hydrogen (secondary N) is 1. The quantitative estimate of drug-likeness (QED) is 0.928. The van der Waals surface area contributed by atoms with Crippen molar-refractivity contribution in [3.05, 3.63) is 28.5 Å². The normalized spacial score (nSPS) is 22.4. The average Bonchev–Trinajstić information content (AvgIpc) is 2.39. The summed E-state index contributed by atoms with van der Waals surface area (Å²) < 4.78 is 6.85. The highest BCUT2D eigenvalue weighted by molar-refractivity contribution is 9.10. The summed E-state index contributed by atoms with van der Waals surface area (Å²) in [5, 5.41) is 3.36. The zero-order valence-electron chi connectivity index (χ0n) is 10.2. The fraction of sp³-hybridized carbons (Fsp3) is 0.615. The third kappa shape index (κ3) is 3.76. The molecule has 1 saturated heterocycles. The molecule has 2 heterocycles. The van der Waals surface area contributed by atoms with E-state index in [4.69, 9.17) is 4.74 Å². The van der Waals surface area contributed by atoms with Crippen LogP contribution in [0.2, 0.25) is 0 Å². The van der Waals surface area contributed by atoms with Gasteiger partial charge in [0.1, 0.15) is 0 Å². The van der Waals surface area contributed by atoms with Crippen molar-refractivity contribution in [2.24, 2.45) is 0 Å². The average molecular weight is 299 g/mol. The molecule has 2 rings (SSSR count). The smallest absolute Gasteiger partial charge is 0.0731 e.